The van der Waals surface area contributed by atoms with Crippen molar-refractivity contribution in [2.24, 2.45) is 0 Å². The van der Waals surface area contributed by atoms with Crippen molar-refractivity contribution in [2.75, 3.05) is 29.5 Å². The third-order valence-electron chi connectivity index (χ3n) is 3.76. The van der Waals surface area contributed by atoms with Crippen molar-refractivity contribution in [3.8, 4) is 0 Å². The Morgan fingerprint density at radius 2 is 2.19 bits per heavy atom. The molecule has 1 aromatic rings. The average Bonchev–Trinajstić information content (AvgIpc) is 2.39. The van der Waals surface area contributed by atoms with Crippen LogP contribution in [0.1, 0.15) is 25.8 Å². The Morgan fingerprint density at radius 1 is 1.43 bits per heavy atom. The van der Waals surface area contributed by atoms with E-state index < -0.39 is 9.84 Å². The van der Waals surface area contributed by atoms with Crippen LogP contribution in [0.25, 0.3) is 0 Å². The summed E-state index contributed by atoms with van der Waals surface area (Å²) in [4.78, 5) is 2.22. The van der Waals surface area contributed by atoms with E-state index in [2.05, 4.69) is 45.2 Å². The zero-order chi connectivity index (χ0) is 15.5. The van der Waals surface area contributed by atoms with Gasteiger partial charge in [0.05, 0.1) is 11.5 Å². The Hall–Kier alpha value is -0.590. The summed E-state index contributed by atoms with van der Waals surface area (Å²) >= 11 is 3.52. The predicted octanol–water partition coefficient (Wildman–Crippen LogP) is 2.57. The first-order chi connectivity index (χ1) is 9.93. The van der Waals surface area contributed by atoms with Gasteiger partial charge in [0.1, 0.15) is 0 Å². The van der Waals surface area contributed by atoms with Crippen molar-refractivity contribution in [3.63, 3.8) is 0 Å². The third-order valence-corrected chi connectivity index (χ3v) is 6.05. The Bertz CT molecular complexity index is 589. The van der Waals surface area contributed by atoms with Crippen LogP contribution in [0.4, 0.5) is 5.69 Å². The SMILES string of the molecule is CCCNCc1cc(Br)ccc1N1CCS(=O)(=O)CC1C. The van der Waals surface area contributed by atoms with E-state index in [1.807, 2.05) is 13.0 Å². The number of rotatable bonds is 5. The van der Waals surface area contributed by atoms with Gasteiger partial charge in [0.15, 0.2) is 9.84 Å². The second-order valence-electron chi connectivity index (χ2n) is 5.61. The quantitative estimate of drug-likeness (QED) is 0.804. The molecule has 0 spiro atoms. The zero-order valence-corrected chi connectivity index (χ0v) is 15.0. The van der Waals surface area contributed by atoms with Gasteiger partial charge in [-0.2, -0.15) is 0 Å². The van der Waals surface area contributed by atoms with Crippen molar-refractivity contribution in [1.82, 2.24) is 5.32 Å². The van der Waals surface area contributed by atoms with Crippen molar-refractivity contribution in [1.29, 1.82) is 0 Å². The topological polar surface area (TPSA) is 49.4 Å². The van der Waals surface area contributed by atoms with Gasteiger partial charge in [0, 0.05) is 29.3 Å². The molecule has 0 aromatic heterocycles. The lowest BCUT2D eigenvalue weighted by Gasteiger charge is -2.36. The number of nitrogens with zero attached hydrogens (tertiary/aromatic N) is 1. The molecule has 6 heteroatoms. The van der Waals surface area contributed by atoms with Gasteiger partial charge in [-0.3, -0.25) is 0 Å². The minimum absolute atomic E-state index is 0.0230. The molecule has 1 aromatic carbocycles. The van der Waals surface area contributed by atoms with Crippen LogP contribution in [-0.4, -0.2) is 39.1 Å². The van der Waals surface area contributed by atoms with E-state index in [-0.39, 0.29) is 17.5 Å². The second kappa shape index (κ2) is 7.11. The molecule has 1 saturated heterocycles. The number of halogens is 1. The molecule has 1 unspecified atom stereocenters. The zero-order valence-electron chi connectivity index (χ0n) is 12.6. The molecular weight excluding hydrogens is 352 g/mol. The van der Waals surface area contributed by atoms with Crippen LogP contribution in [0.2, 0.25) is 0 Å². The Kier molecular flexibility index (Phi) is 5.68. The van der Waals surface area contributed by atoms with Crippen LogP contribution in [0.3, 0.4) is 0 Å². The molecule has 0 aliphatic carbocycles. The van der Waals surface area contributed by atoms with Gasteiger partial charge in [-0.15, -0.1) is 0 Å². The lowest BCUT2D eigenvalue weighted by atomic mass is 10.1. The van der Waals surface area contributed by atoms with Crippen molar-refractivity contribution < 1.29 is 8.42 Å². The van der Waals surface area contributed by atoms with E-state index in [4.69, 9.17) is 0 Å². The van der Waals surface area contributed by atoms with Crippen LogP contribution in [0.5, 0.6) is 0 Å². The lowest BCUT2D eigenvalue weighted by molar-refractivity contribution is 0.567. The molecule has 4 nitrogen and oxygen atoms in total. The van der Waals surface area contributed by atoms with E-state index in [0.717, 1.165) is 29.7 Å². The van der Waals surface area contributed by atoms with Crippen LogP contribution >= 0.6 is 15.9 Å². The van der Waals surface area contributed by atoms with Crippen molar-refractivity contribution in [3.05, 3.63) is 28.2 Å². The first-order valence-corrected chi connectivity index (χ1v) is 10.0. The molecule has 2 rings (SSSR count). The number of sulfone groups is 1. The van der Waals surface area contributed by atoms with Crippen molar-refractivity contribution >= 4 is 31.5 Å². The van der Waals surface area contributed by atoms with E-state index in [1.54, 1.807) is 0 Å². The van der Waals surface area contributed by atoms with Crippen LogP contribution in [-0.2, 0) is 16.4 Å². The fourth-order valence-electron chi connectivity index (χ4n) is 2.73. The van der Waals surface area contributed by atoms with Crippen LogP contribution in [0, 0.1) is 0 Å². The molecule has 118 valence electrons. The molecule has 21 heavy (non-hydrogen) atoms. The molecule has 1 heterocycles. The number of hydrogen-bond acceptors (Lipinski definition) is 4. The maximum atomic E-state index is 11.7. The van der Waals surface area contributed by atoms with Gasteiger partial charge in [-0.25, -0.2) is 8.42 Å². The summed E-state index contributed by atoms with van der Waals surface area (Å²) in [6.45, 7) is 6.49. The molecule has 1 aliphatic rings. The lowest BCUT2D eigenvalue weighted by Crippen LogP contribution is -2.47. The third kappa shape index (κ3) is 4.44. The second-order valence-corrected chi connectivity index (χ2v) is 8.75. The summed E-state index contributed by atoms with van der Waals surface area (Å²) in [6, 6.07) is 6.25. The van der Waals surface area contributed by atoms with Gasteiger partial charge in [-0.1, -0.05) is 22.9 Å². The van der Waals surface area contributed by atoms with Crippen LogP contribution in [0.15, 0.2) is 22.7 Å². The number of nitrogens with one attached hydrogen (secondary N) is 1. The van der Waals surface area contributed by atoms with E-state index in [0.29, 0.717) is 6.54 Å². The highest BCUT2D eigenvalue weighted by Gasteiger charge is 2.29. The Morgan fingerprint density at radius 3 is 2.86 bits per heavy atom. The minimum Gasteiger partial charge on any atom is -0.367 e. The van der Waals surface area contributed by atoms with Gasteiger partial charge < -0.3 is 10.2 Å². The molecule has 0 radical (unpaired) electrons. The Balaban J connectivity index is 2.22. The maximum Gasteiger partial charge on any atom is 0.154 e. The first kappa shape index (κ1) is 16.8. The molecule has 1 aliphatic heterocycles. The molecule has 1 N–H and O–H groups in total. The minimum atomic E-state index is -2.88. The van der Waals surface area contributed by atoms with E-state index in [1.165, 1.54) is 5.56 Å². The number of benzene rings is 1. The van der Waals surface area contributed by atoms with Gasteiger partial charge in [0.2, 0.25) is 0 Å². The summed E-state index contributed by atoms with van der Waals surface area (Å²) in [7, 11) is -2.88. The number of hydrogen-bond donors (Lipinski definition) is 1. The average molecular weight is 375 g/mol. The summed E-state index contributed by atoms with van der Waals surface area (Å²) in [5.74, 6) is 0.486. The molecule has 0 saturated carbocycles. The fraction of sp³-hybridized carbons (Fsp3) is 0.600. The van der Waals surface area contributed by atoms with Gasteiger partial charge >= 0.3 is 0 Å². The van der Waals surface area contributed by atoms with E-state index in [9.17, 15) is 8.42 Å². The molecule has 0 bridgehead atoms. The summed E-state index contributed by atoms with van der Waals surface area (Å²) in [5, 5.41) is 3.42. The highest BCUT2D eigenvalue weighted by Crippen LogP contribution is 2.28. The monoisotopic (exact) mass is 374 g/mol. The fourth-order valence-corrected chi connectivity index (χ4v) is 4.70. The predicted molar refractivity (Wildman–Crippen MR) is 91.6 cm³/mol. The summed E-state index contributed by atoms with van der Waals surface area (Å²) < 4.78 is 24.5. The normalized spacial score (nSPS) is 21.5. The largest absolute Gasteiger partial charge is 0.367 e. The summed E-state index contributed by atoms with van der Waals surface area (Å²) in [5.41, 5.74) is 2.35. The van der Waals surface area contributed by atoms with E-state index >= 15 is 0 Å². The molecule has 1 atom stereocenters. The smallest absolute Gasteiger partial charge is 0.154 e. The Labute approximate surface area is 136 Å². The summed E-state index contributed by atoms with van der Waals surface area (Å²) in [6.07, 6.45) is 1.10. The maximum absolute atomic E-state index is 11.7. The molecular formula is C15H23BrN2O2S. The van der Waals surface area contributed by atoms with Crippen LogP contribution < -0.4 is 10.2 Å². The van der Waals surface area contributed by atoms with Gasteiger partial charge in [-0.05, 0) is 43.7 Å². The molecule has 0 amide bonds. The highest BCUT2D eigenvalue weighted by molar-refractivity contribution is 9.10. The standard InChI is InChI=1S/C15H23BrN2O2S/c1-3-6-17-10-13-9-14(16)4-5-15(13)18-7-8-21(19,20)11-12(18)2/h4-5,9,12,17H,3,6-8,10-11H2,1-2H3. The highest BCUT2D eigenvalue weighted by atomic mass is 79.9. The first-order valence-electron chi connectivity index (χ1n) is 7.39. The number of anilines is 1. The van der Waals surface area contributed by atoms with Gasteiger partial charge in [0.25, 0.3) is 0 Å². The van der Waals surface area contributed by atoms with Crippen molar-refractivity contribution in [2.45, 2.75) is 32.9 Å². The molecule has 1 fully saturated rings.